The van der Waals surface area contributed by atoms with Crippen LogP contribution < -0.4 is 5.32 Å². The third kappa shape index (κ3) is 6.32. The second-order valence-electron chi connectivity index (χ2n) is 2.89. The van der Waals surface area contributed by atoms with Crippen LogP contribution in [-0.2, 0) is 4.74 Å². The van der Waals surface area contributed by atoms with Crippen molar-refractivity contribution in [3.05, 3.63) is 0 Å². The molecule has 2 nitrogen and oxygen atoms in total. The Kier molecular flexibility index (Phi) is 7.96. The first kappa shape index (κ1) is 10.9. The van der Waals surface area contributed by atoms with E-state index < -0.39 is 0 Å². The zero-order valence-corrected chi connectivity index (χ0v) is 8.02. The van der Waals surface area contributed by atoms with Gasteiger partial charge in [0, 0.05) is 7.11 Å². The van der Waals surface area contributed by atoms with Crippen LogP contribution in [0.15, 0.2) is 0 Å². The minimum Gasteiger partial charge on any atom is -0.381 e. The van der Waals surface area contributed by atoms with Gasteiger partial charge in [-0.3, -0.25) is 0 Å². The van der Waals surface area contributed by atoms with Gasteiger partial charge in [-0.05, 0) is 25.9 Å². The summed E-state index contributed by atoms with van der Waals surface area (Å²) < 4.78 is 5.15. The zero-order chi connectivity index (χ0) is 8.53. The molecule has 0 bridgehead atoms. The number of nitrogens with one attached hydrogen (secondary N) is 1. The lowest BCUT2D eigenvalue weighted by atomic mass is 10.1. The van der Waals surface area contributed by atoms with Gasteiger partial charge in [-0.25, -0.2) is 0 Å². The average molecular weight is 159 g/mol. The van der Waals surface area contributed by atoms with Crippen molar-refractivity contribution < 1.29 is 4.74 Å². The summed E-state index contributed by atoms with van der Waals surface area (Å²) in [7, 11) is 1.79. The van der Waals surface area contributed by atoms with Crippen LogP contribution in [0.3, 0.4) is 0 Å². The van der Waals surface area contributed by atoms with E-state index in [-0.39, 0.29) is 0 Å². The third-order valence-corrected chi connectivity index (χ3v) is 1.62. The summed E-state index contributed by atoms with van der Waals surface area (Å²) in [5, 5.41) is 3.27. The first-order chi connectivity index (χ1) is 5.35. The van der Waals surface area contributed by atoms with Crippen molar-refractivity contribution in [3.8, 4) is 0 Å². The van der Waals surface area contributed by atoms with Crippen molar-refractivity contribution in [2.75, 3.05) is 20.2 Å². The van der Waals surface area contributed by atoms with E-state index in [0.29, 0.717) is 6.10 Å². The smallest absolute Gasteiger partial charge is 0.0595 e. The van der Waals surface area contributed by atoms with Crippen molar-refractivity contribution >= 4 is 0 Å². The van der Waals surface area contributed by atoms with Gasteiger partial charge in [0.05, 0.1) is 6.10 Å². The molecule has 0 aromatic heterocycles. The Morgan fingerprint density at radius 3 is 2.00 bits per heavy atom. The molecule has 0 aromatic carbocycles. The van der Waals surface area contributed by atoms with E-state index in [1.165, 1.54) is 19.3 Å². The molecule has 0 amide bonds. The van der Waals surface area contributed by atoms with E-state index in [9.17, 15) is 0 Å². The molecule has 2 heteroatoms. The van der Waals surface area contributed by atoms with Crippen molar-refractivity contribution in [3.63, 3.8) is 0 Å². The van der Waals surface area contributed by atoms with Gasteiger partial charge in [-0.2, -0.15) is 0 Å². The molecule has 0 spiro atoms. The minimum atomic E-state index is 0.524. The molecule has 1 N–H and O–H groups in total. The maximum absolute atomic E-state index is 5.15. The van der Waals surface area contributed by atoms with Crippen molar-refractivity contribution in [2.24, 2.45) is 0 Å². The summed E-state index contributed by atoms with van der Waals surface area (Å²) in [4.78, 5) is 0. The molecule has 11 heavy (non-hydrogen) atoms. The van der Waals surface area contributed by atoms with E-state index in [0.717, 1.165) is 13.1 Å². The number of rotatable bonds is 1. The van der Waals surface area contributed by atoms with Crippen LogP contribution in [-0.4, -0.2) is 26.3 Å². The monoisotopic (exact) mass is 159 g/mol. The lowest BCUT2D eigenvalue weighted by Crippen LogP contribution is -2.31. The number of hydrogen-bond donors (Lipinski definition) is 1. The summed E-state index contributed by atoms with van der Waals surface area (Å²) in [6, 6.07) is 0. The molecule has 1 fully saturated rings. The Labute approximate surface area is 70.3 Å². The Hall–Kier alpha value is -0.0800. The fourth-order valence-corrected chi connectivity index (χ4v) is 1.03. The Balaban J connectivity index is 0.000000292. The largest absolute Gasteiger partial charge is 0.381 e. The Morgan fingerprint density at radius 2 is 1.73 bits per heavy atom. The molecular formula is C9H21NO. The lowest BCUT2D eigenvalue weighted by Gasteiger charge is -2.20. The van der Waals surface area contributed by atoms with Crippen molar-refractivity contribution in [1.29, 1.82) is 0 Å². The fourth-order valence-electron chi connectivity index (χ4n) is 1.03. The zero-order valence-electron chi connectivity index (χ0n) is 8.02. The molecule has 1 rings (SSSR count). The second kappa shape index (κ2) is 8.02. The number of methoxy groups -OCH3 is 1. The lowest BCUT2D eigenvalue weighted by molar-refractivity contribution is 0.0765. The van der Waals surface area contributed by atoms with Gasteiger partial charge in [0.15, 0.2) is 0 Å². The van der Waals surface area contributed by atoms with Gasteiger partial charge < -0.3 is 10.1 Å². The van der Waals surface area contributed by atoms with Crippen LogP contribution in [0.1, 0.15) is 33.1 Å². The summed E-state index contributed by atoms with van der Waals surface area (Å²) >= 11 is 0. The van der Waals surface area contributed by atoms with Gasteiger partial charge in [0.1, 0.15) is 0 Å². The predicted octanol–water partition coefficient (Wildman–Crippen LogP) is 1.80. The van der Waals surface area contributed by atoms with E-state index in [4.69, 9.17) is 4.74 Å². The highest BCUT2D eigenvalue weighted by Crippen LogP contribution is 2.04. The quantitative estimate of drug-likeness (QED) is 0.630. The number of ether oxygens (including phenoxy) is 1. The van der Waals surface area contributed by atoms with Gasteiger partial charge in [-0.1, -0.05) is 20.3 Å². The van der Waals surface area contributed by atoms with Crippen molar-refractivity contribution in [1.82, 2.24) is 5.32 Å². The van der Waals surface area contributed by atoms with Gasteiger partial charge in [-0.15, -0.1) is 0 Å². The van der Waals surface area contributed by atoms with Crippen LogP contribution in [0, 0.1) is 0 Å². The molecule has 68 valence electrons. The summed E-state index contributed by atoms with van der Waals surface area (Å²) in [5.41, 5.74) is 0. The summed E-state index contributed by atoms with van der Waals surface area (Å²) in [5.74, 6) is 0. The number of piperidine rings is 1. The van der Waals surface area contributed by atoms with Crippen molar-refractivity contribution in [2.45, 2.75) is 39.2 Å². The normalized spacial score (nSPS) is 18.8. The second-order valence-corrected chi connectivity index (χ2v) is 2.89. The molecule has 0 atom stereocenters. The Morgan fingerprint density at radius 1 is 1.27 bits per heavy atom. The van der Waals surface area contributed by atoms with E-state index in [1.807, 2.05) is 0 Å². The molecule has 0 aromatic rings. The summed E-state index contributed by atoms with van der Waals surface area (Å²) in [6.45, 7) is 6.50. The number of hydrogen-bond acceptors (Lipinski definition) is 2. The standard InChI is InChI=1S/C6H13NO.C3H8/c1-8-6-2-4-7-5-3-6;1-3-2/h6-7H,2-5H2,1H3;3H2,1-2H3. The van der Waals surface area contributed by atoms with Crippen LogP contribution in [0.25, 0.3) is 0 Å². The maximum Gasteiger partial charge on any atom is 0.0595 e. The molecular weight excluding hydrogens is 138 g/mol. The molecule has 0 radical (unpaired) electrons. The van der Waals surface area contributed by atoms with Gasteiger partial charge >= 0.3 is 0 Å². The highest BCUT2D eigenvalue weighted by molar-refractivity contribution is 4.66. The molecule has 1 saturated heterocycles. The topological polar surface area (TPSA) is 21.3 Å². The third-order valence-electron chi connectivity index (χ3n) is 1.62. The molecule has 0 saturated carbocycles. The Bertz CT molecular complexity index is 70.0. The molecule has 1 heterocycles. The average Bonchev–Trinajstić information content (AvgIpc) is 2.08. The minimum absolute atomic E-state index is 0.524. The van der Waals surface area contributed by atoms with E-state index >= 15 is 0 Å². The van der Waals surface area contributed by atoms with Crippen LogP contribution in [0.4, 0.5) is 0 Å². The molecule has 1 aliphatic heterocycles. The molecule has 1 aliphatic rings. The van der Waals surface area contributed by atoms with E-state index in [1.54, 1.807) is 7.11 Å². The maximum atomic E-state index is 5.15. The molecule has 0 aliphatic carbocycles. The predicted molar refractivity (Wildman–Crippen MR) is 48.9 cm³/mol. The van der Waals surface area contributed by atoms with Crippen LogP contribution >= 0.6 is 0 Å². The fraction of sp³-hybridized carbons (Fsp3) is 1.00. The SMILES string of the molecule is CCC.COC1CCNCC1. The molecule has 0 unspecified atom stereocenters. The summed E-state index contributed by atoms with van der Waals surface area (Å²) in [6.07, 6.45) is 4.13. The van der Waals surface area contributed by atoms with Crippen LogP contribution in [0.2, 0.25) is 0 Å². The van der Waals surface area contributed by atoms with Crippen LogP contribution in [0.5, 0.6) is 0 Å². The van der Waals surface area contributed by atoms with E-state index in [2.05, 4.69) is 19.2 Å². The highest BCUT2D eigenvalue weighted by atomic mass is 16.5. The highest BCUT2D eigenvalue weighted by Gasteiger charge is 2.09. The van der Waals surface area contributed by atoms with Gasteiger partial charge in [0.2, 0.25) is 0 Å². The first-order valence-corrected chi connectivity index (χ1v) is 4.58. The first-order valence-electron chi connectivity index (χ1n) is 4.58. The van der Waals surface area contributed by atoms with Gasteiger partial charge in [0.25, 0.3) is 0 Å².